The van der Waals surface area contributed by atoms with Crippen molar-refractivity contribution in [3.8, 4) is 0 Å². The lowest BCUT2D eigenvalue weighted by atomic mass is 10.1. The second-order valence-electron chi connectivity index (χ2n) is 4.67. The molecule has 2 aromatic rings. The summed E-state index contributed by atoms with van der Waals surface area (Å²) in [7, 11) is 0. The van der Waals surface area contributed by atoms with E-state index >= 15 is 0 Å². The highest BCUT2D eigenvalue weighted by Crippen LogP contribution is 2.27. The van der Waals surface area contributed by atoms with Crippen LogP contribution in [-0.2, 0) is 4.74 Å². The van der Waals surface area contributed by atoms with E-state index in [0.29, 0.717) is 0 Å². The third-order valence-corrected chi connectivity index (χ3v) is 3.18. The summed E-state index contributed by atoms with van der Waals surface area (Å²) in [5.41, 5.74) is 8.25. The van der Waals surface area contributed by atoms with Gasteiger partial charge in [0.1, 0.15) is 11.4 Å². The summed E-state index contributed by atoms with van der Waals surface area (Å²) in [6, 6.07) is 6.80. The highest BCUT2D eigenvalue weighted by atomic mass is 16.6. The Morgan fingerprint density at radius 3 is 1.48 bits per heavy atom. The van der Waals surface area contributed by atoms with E-state index in [1.807, 2.05) is 0 Å². The van der Waals surface area contributed by atoms with E-state index in [4.69, 9.17) is 11.5 Å². The Labute approximate surface area is 139 Å². The number of ether oxygens (including phenoxy) is 1. The van der Waals surface area contributed by atoms with Crippen molar-refractivity contribution in [3.05, 3.63) is 67.8 Å². The van der Waals surface area contributed by atoms with Crippen LogP contribution in [0.5, 0.6) is 0 Å². The van der Waals surface area contributed by atoms with E-state index in [2.05, 4.69) is 4.74 Å². The molecule has 0 aliphatic carbocycles. The summed E-state index contributed by atoms with van der Waals surface area (Å²) < 4.78 is 4.57. The lowest BCUT2D eigenvalue weighted by molar-refractivity contribution is -0.384. The van der Waals surface area contributed by atoms with Gasteiger partial charge in [0.25, 0.3) is 11.4 Å². The van der Waals surface area contributed by atoms with Crippen LogP contribution >= 0.6 is 0 Å². The molecule has 0 heterocycles. The number of nitrogen functional groups attached to an aromatic ring is 2. The van der Waals surface area contributed by atoms with Gasteiger partial charge in [0, 0.05) is 12.1 Å². The van der Waals surface area contributed by atoms with Crippen LogP contribution in [0.2, 0.25) is 0 Å². The summed E-state index contributed by atoms with van der Waals surface area (Å²) in [6.45, 7) is 0. The van der Waals surface area contributed by atoms with E-state index in [0.717, 1.165) is 24.3 Å². The fraction of sp³-hybridized carbons (Fsp3) is 0. The van der Waals surface area contributed by atoms with Gasteiger partial charge in [0.15, 0.2) is 0 Å². The van der Waals surface area contributed by atoms with Crippen molar-refractivity contribution in [1.82, 2.24) is 0 Å². The molecule has 0 aliphatic rings. The minimum atomic E-state index is -1.25. The molecule has 2 rings (SSSR count). The van der Waals surface area contributed by atoms with Gasteiger partial charge in [-0.1, -0.05) is 12.1 Å². The van der Waals surface area contributed by atoms with Crippen molar-refractivity contribution < 1.29 is 24.2 Å². The Kier molecular flexibility index (Phi) is 4.59. The number of hydrogen-bond acceptors (Lipinski definition) is 9. The number of carbonyl (C=O) groups is 2. The molecule has 0 aliphatic heterocycles. The summed E-state index contributed by atoms with van der Waals surface area (Å²) >= 11 is 0. The van der Waals surface area contributed by atoms with Gasteiger partial charge in [-0.3, -0.25) is 20.2 Å². The zero-order valence-electron chi connectivity index (χ0n) is 12.4. The molecule has 0 amide bonds. The lowest BCUT2D eigenvalue weighted by Gasteiger charge is -2.07. The van der Waals surface area contributed by atoms with Crippen LogP contribution in [0.3, 0.4) is 0 Å². The molecule has 0 fully saturated rings. The van der Waals surface area contributed by atoms with E-state index in [1.165, 1.54) is 12.1 Å². The predicted octanol–water partition coefficient (Wildman–Crippen LogP) is 1.66. The van der Waals surface area contributed by atoms with Crippen molar-refractivity contribution in [2.45, 2.75) is 0 Å². The number of rotatable bonds is 4. The SMILES string of the molecule is Nc1c(C(=O)OC(=O)c2cccc([N+](=O)[O-])c2N)cccc1[N+](=O)[O-]. The van der Waals surface area contributed by atoms with Gasteiger partial charge in [0.2, 0.25) is 0 Å². The van der Waals surface area contributed by atoms with Gasteiger partial charge in [-0.2, -0.15) is 0 Å². The Morgan fingerprint density at radius 2 is 1.16 bits per heavy atom. The van der Waals surface area contributed by atoms with Gasteiger partial charge in [-0.15, -0.1) is 0 Å². The smallest absolute Gasteiger partial charge is 0.348 e. The van der Waals surface area contributed by atoms with Gasteiger partial charge < -0.3 is 16.2 Å². The number of nitro groups is 2. The molecule has 0 bridgehead atoms. The van der Waals surface area contributed by atoms with Crippen molar-refractivity contribution in [3.63, 3.8) is 0 Å². The van der Waals surface area contributed by atoms with E-state index in [1.54, 1.807) is 0 Å². The maximum Gasteiger partial charge on any atom is 0.348 e. The lowest BCUT2D eigenvalue weighted by Crippen LogP contribution is -2.16. The van der Waals surface area contributed by atoms with Crippen LogP contribution in [0, 0.1) is 20.2 Å². The normalized spacial score (nSPS) is 10.1. The fourth-order valence-corrected chi connectivity index (χ4v) is 1.97. The van der Waals surface area contributed by atoms with E-state index in [-0.39, 0.29) is 0 Å². The first-order chi connectivity index (χ1) is 11.7. The molecule has 0 radical (unpaired) electrons. The molecular weight excluding hydrogens is 336 g/mol. The predicted molar refractivity (Wildman–Crippen MR) is 84.8 cm³/mol. The van der Waals surface area contributed by atoms with E-state index in [9.17, 15) is 29.8 Å². The zero-order valence-corrected chi connectivity index (χ0v) is 12.4. The third-order valence-electron chi connectivity index (χ3n) is 3.18. The highest BCUT2D eigenvalue weighted by molar-refractivity contribution is 6.08. The number of nitrogens with zero attached hydrogens (tertiary/aromatic N) is 2. The van der Waals surface area contributed by atoms with Crippen LogP contribution in [0.1, 0.15) is 20.7 Å². The molecule has 0 saturated heterocycles. The number of esters is 2. The van der Waals surface area contributed by atoms with Crippen molar-refractivity contribution in [2.75, 3.05) is 11.5 Å². The number of benzene rings is 2. The number of carbonyl (C=O) groups excluding carboxylic acids is 2. The van der Waals surface area contributed by atoms with Crippen LogP contribution in [0.15, 0.2) is 36.4 Å². The molecule has 11 nitrogen and oxygen atoms in total. The minimum absolute atomic E-state index is 0.397. The number of hydrogen-bond donors (Lipinski definition) is 2. The second kappa shape index (κ2) is 6.62. The molecule has 0 atom stereocenters. The van der Waals surface area contributed by atoms with Crippen molar-refractivity contribution in [1.29, 1.82) is 0 Å². The summed E-state index contributed by atoms with van der Waals surface area (Å²) in [4.78, 5) is 44.1. The average molecular weight is 346 g/mol. The number of nitro benzene ring substituents is 2. The second-order valence-corrected chi connectivity index (χ2v) is 4.67. The van der Waals surface area contributed by atoms with Crippen molar-refractivity contribution >= 4 is 34.7 Å². The standard InChI is InChI=1S/C14H10N4O7/c15-11-7(3-1-5-9(11)17(21)22)13(19)25-14(20)8-4-2-6-10(12(8)16)18(23)24/h1-6H,15-16H2. The van der Waals surface area contributed by atoms with Gasteiger partial charge in [-0.25, -0.2) is 9.59 Å². The van der Waals surface area contributed by atoms with Crippen molar-refractivity contribution in [2.24, 2.45) is 0 Å². The first-order valence-corrected chi connectivity index (χ1v) is 6.56. The topological polar surface area (TPSA) is 182 Å². The van der Waals surface area contributed by atoms with Gasteiger partial charge in [0.05, 0.1) is 21.0 Å². The molecule has 2 aromatic carbocycles. The summed E-state index contributed by atoms with van der Waals surface area (Å²) in [6.07, 6.45) is 0. The van der Waals surface area contributed by atoms with Crippen LogP contribution in [0.25, 0.3) is 0 Å². The maximum absolute atomic E-state index is 12.0. The van der Waals surface area contributed by atoms with Gasteiger partial charge >= 0.3 is 11.9 Å². The Bertz CT molecular complexity index is 837. The Hall–Kier alpha value is -4.02. The minimum Gasteiger partial charge on any atom is -0.392 e. The molecule has 11 heteroatoms. The molecule has 0 unspecified atom stereocenters. The zero-order chi connectivity index (χ0) is 18.7. The Morgan fingerprint density at radius 1 is 0.800 bits per heavy atom. The average Bonchev–Trinajstić information content (AvgIpc) is 2.54. The molecule has 0 saturated carbocycles. The monoisotopic (exact) mass is 346 g/mol. The maximum atomic E-state index is 12.0. The number of nitrogens with two attached hydrogens (primary N) is 2. The number of anilines is 2. The highest BCUT2D eigenvalue weighted by Gasteiger charge is 2.25. The van der Waals surface area contributed by atoms with Gasteiger partial charge in [-0.05, 0) is 12.1 Å². The summed E-state index contributed by atoms with van der Waals surface area (Å²) in [5, 5.41) is 21.6. The molecule has 25 heavy (non-hydrogen) atoms. The molecule has 0 spiro atoms. The first kappa shape index (κ1) is 17.3. The molecule has 128 valence electrons. The largest absolute Gasteiger partial charge is 0.392 e. The third kappa shape index (κ3) is 3.34. The van der Waals surface area contributed by atoms with E-state index < -0.39 is 55.7 Å². The van der Waals surface area contributed by atoms with Crippen LogP contribution < -0.4 is 11.5 Å². The molecular formula is C14H10N4O7. The first-order valence-electron chi connectivity index (χ1n) is 6.56. The molecule has 0 aromatic heterocycles. The number of para-hydroxylation sites is 2. The Balaban J connectivity index is 2.32. The summed E-state index contributed by atoms with van der Waals surface area (Å²) in [5.74, 6) is -2.51. The molecule has 4 N–H and O–H groups in total. The van der Waals surface area contributed by atoms with Crippen LogP contribution in [0.4, 0.5) is 22.7 Å². The quantitative estimate of drug-likeness (QED) is 0.273. The fourth-order valence-electron chi connectivity index (χ4n) is 1.97. The van der Waals surface area contributed by atoms with Crippen LogP contribution in [-0.4, -0.2) is 21.8 Å².